The molecule has 0 bridgehead atoms. The molecule has 1 fully saturated rings. The summed E-state index contributed by atoms with van der Waals surface area (Å²) in [4.78, 5) is 17.5. The fourth-order valence-corrected chi connectivity index (χ4v) is 2.05. The van der Waals surface area contributed by atoms with Gasteiger partial charge in [-0.3, -0.25) is 4.99 Å². The van der Waals surface area contributed by atoms with Gasteiger partial charge in [-0.25, -0.2) is 4.79 Å². The third-order valence-corrected chi connectivity index (χ3v) is 3.09. The van der Waals surface area contributed by atoms with Gasteiger partial charge in [0.05, 0.1) is 19.8 Å². The highest BCUT2D eigenvalue weighted by Gasteiger charge is 2.23. The van der Waals surface area contributed by atoms with Crippen LogP contribution >= 0.6 is 24.0 Å². The maximum Gasteiger partial charge on any atom is 0.409 e. The minimum absolute atomic E-state index is 0. The highest BCUT2D eigenvalue weighted by Crippen LogP contribution is 2.11. The summed E-state index contributed by atoms with van der Waals surface area (Å²) in [7, 11) is 0. The Morgan fingerprint density at radius 3 is 2.57 bits per heavy atom. The van der Waals surface area contributed by atoms with Crippen LogP contribution in [0.5, 0.6) is 0 Å². The summed E-state index contributed by atoms with van der Waals surface area (Å²) < 4.78 is 10.2. The molecule has 0 unspecified atom stereocenters. The first-order chi connectivity index (χ1) is 9.67. The van der Waals surface area contributed by atoms with E-state index in [0.717, 1.165) is 12.8 Å². The Hall–Kier alpha value is -0.770. The molecule has 8 heteroatoms. The van der Waals surface area contributed by atoms with Crippen molar-refractivity contribution in [2.24, 2.45) is 10.7 Å². The van der Waals surface area contributed by atoms with Crippen molar-refractivity contribution >= 4 is 36.0 Å². The second-order valence-corrected chi connectivity index (χ2v) is 4.57. The average molecular weight is 414 g/mol. The maximum absolute atomic E-state index is 11.6. The number of hydrogen-bond donors (Lipinski definition) is 2. The standard InChI is InChI=1S/C13H26N4O3.HI/c1-3-19-10-7-15-12(14)16-11-5-8-17(9-6-11)13(18)20-4-2;/h11H,3-10H2,1-2H3,(H3,14,15,16);1H. The number of halogens is 1. The average Bonchev–Trinajstić information content (AvgIpc) is 2.45. The van der Waals surface area contributed by atoms with E-state index in [1.807, 2.05) is 13.8 Å². The molecule has 1 aliphatic heterocycles. The normalized spacial score (nSPS) is 16.3. The van der Waals surface area contributed by atoms with Crippen molar-refractivity contribution in [2.45, 2.75) is 32.7 Å². The van der Waals surface area contributed by atoms with Crippen molar-refractivity contribution in [2.75, 3.05) is 39.5 Å². The monoisotopic (exact) mass is 414 g/mol. The third kappa shape index (κ3) is 8.30. The van der Waals surface area contributed by atoms with Gasteiger partial charge in [0.1, 0.15) is 0 Å². The van der Waals surface area contributed by atoms with E-state index in [-0.39, 0.29) is 36.1 Å². The zero-order valence-corrected chi connectivity index (χ0v) is 15.2. The van der Waals surface area contributed by atoms with E-state index in [1.165, 1.54) is 0 Å². The molecule has 1 heterocycles. The first-order valence-corrected chi connectivity index (χ1v) is 7.23. The fraction of sp³-hybridized carbons (Fsp3) is 0.846. The predicted molar refractivity (Wildman–Crippen MR) is 93.2 cm³/mol. The van der Waals surface area contributed by atoms with E-state index in [1.54, 1.807) is 4.90 Å². The highest BCUT2D eigenvalue weighted by atomic mass is 127. The molecule has 1 saturated heterocycles. The highest BCUT2D eigenvalue weighted by molar-refractivity contribution is 14.0. The van der Waals surface area contributed by atoms with Gasteiger partial charge in [-0.1, -0.05) is 0 Å². The van der Waals surface area contributed by atoms with Crippen LogP contribution in [0.2, 0.25) is 0 Å². The Morgan fingerprint density at radius 1 is 1.33 bits per heavy atom. The molecule has 1 amide bonds. The molecule has 3 N–H and O–H groups in total. The number of rotatable bonds is 6. The number of guanidine groups is 1. The van der Waals surface area contributed by atoms with Gasteiger partial charge in [-0.15, -0.1) is 24.0 Å². The molecule has 0 atom stereocenters. The van der Waals surface area contributed by atoms with Gasteiger partial charge < -0.3 is 25.4 Å². The summed E-state index contributed by atoms with van der Waals surface area (Å²) in [5, 5.41) is 3.18. The number of hydrogen-bond acceptors (Lipinski definition) is 4. The summed E-state index contributed by atoms with van der Waals surface area (Å²) >= 11 is 0. The van der Waals surface area contributed by atoms with Gasteiger partial charge in [0.25, 0.3) is 0 Å². The van der Waals surface area contributed by atoms with E-state index in [2.05, 4.69) is 10.3 Å². The first kappa shape index (κ1) is 20.2. The smallest absolute Gasteiger partial charge is 0.409 e. The van der Waals surface area contributed by atoms with Crippen molar-refractivity contribution in [3.63, 3.8) is 0 Å². The van der Waals surface area contributed by atoms with Crippen LogP contribution in [0.15, 0.2) is 4.99 Å². The number of nitrogens with two attached hydrogens (primary N) is 1. The van der Waals surface area contributed by atoms with Crippen LogP contribution < -0.4 is 11.1 Å². The van der Waals surface area contributed by atoms with E-state index >= 15 is 0 Å². The topological polar surface area (TPSA) is 89.2 Å². The van der Waals surface area contributed by atoms with Gasteiger partial charge in [0.15, 0.2) is 5.96 Å². The van der Waals surface area contributed by atoms with Crippen molar-refractivity contribution in [1.82, 2.24) is 10.2 Å². The van der Waals surface area contributed by atoms with E-state index in [0.29, 0.717) is 45.4 Å². The summed E-state index contributed by atoms with van der Waals surface area (Å²) in [6, 6.07) is 0.261. The molecule has 0 saturated carbocycles. The van der Waals surface area contributed by atoms with E-state index < -0.39 is 0 Å². The Balaban J connectivity index is 0.00000400. The Kier molecular flexibility index (Phi) is 11.4. The molecular weight excluding hydrogens is 387 g/mol. The van der Waals surface area contributed by atoms with Crippen LogP contribution in [0, 0.1) is 0 Å². The number of amides is 1. The molecule has 0 aromatic rings. The van der Waals surface area contributed by atoms with Crippen LogP contribution in [0.1, 0.15) is 26.7 Å². The lowest BCUT2D eigenvalue weighted by atomic mass is 10.1. The van der Waals surface area contributed by atoms with Gasteiger partial charge >= 0.3 is 6.09 Å². The van der Waals surface area contributed by atoms with Crippen LogP contribution in [-0.2, 0) is 9.47 Å². The number of carbonyl (C=O) groups is 1. The molecule has 0 radical (unpaired) electrons. The Bertz CT molecular complexity index is 321. The number of aliphatic imine (C=N–C) groups is 1. The van der Waals surface area contributed by atoms with E-state index in [9.17, 15) is 4.79 Å². The zero-order chi connectivity index (χ0) is 14.8. The van der Waals surface area contributed by atoms with Crippen molar-refractivity contribution in [3.8, 4) is 0 Å². The quantitative estimate of drug-likeness (QED) is 0.295. The number of ether oxygens (including phenoxy) is 2. The molecule has 7 nitrogen and oxygen atoms in total. The second kappa shape index (κ2) is 11.8. The van der Waals surface area contributed by atoms with Crippen molar-refractivity contribution in [3.05, 3.63) is 0 Å². The van der Waals surface area contributed by atoms with Crippen molar-refractivity contribution in [1.29, 1.82) is 0 Å². The number of likely N-dealkylation sites (tertiary alicyclic amines) is 1. The van der Waals surface area contributed by atoms with Crippen LogP contribution in [0.4, 0.5) is 4.79 Å². The van der Waals surface area contributed by atoms with Gasteiger partial charge in [-0.2, -0.15) is 0 Å². The summed E-state index contributed by atoms with van der Waals surface area (Å²) in [6.45, 7) is 7.37. The van der Waals surface area contributed by atoms with Gasteiger partial charge in [0.2, 0.25) is 0 Å². The summed E-state index contributed by atoms with van der Waals surface area (Å²) in [6.07, 6.45) is 1.46. The minimum atomic E-state index is -0.232. The Morgan fingerprint density at radius 2 is 2.00 bits per heavy atom. The van der Waals surface area contributed by atoms with Gasteiger partial charge in [0, 0.05) is 25.7 Å². The lowest BCUT2D eigenvalue weighted by molar-refractivity contribution is 0.0963. The van der Waals surface area contributed by atoms with Crippen molar-refractivity contribution < 1.29 is 14.3 Å². The molecule has 124 valence electrons. The van der Waals surface area contributed by atoms with Crippen LogP contribution in [0.3, 0.4) is 0 Å². The third-order valence-electron chi connectivity index (χ3n) is 3.09. The minimum Gasteiger partial charge on any atom is -0.450 e. The number of carbonyl (C=O) groups excluding carboxylic acids is 1. The molecule has 0 aromatic carbocycles. The molecule has 21 heavy (non-hydrogen) atoms. The van der Waals surface area contributed by atoms with Gasteiger partial charge in [-0.05, 0) is 26.7 Å². The molecular formula is C13H27IN4O3. The second-order valence-electron chi connectivity index (χ2n) is 4.57. The summed E-state index contributed by atoms with van der Waals surface area (Å²) in [5.41, 5.74) is 5.81. The fourth-order valence-electron chi connectivity index (χ4n) is 2.05. The number of nitrogens with one attached hydrogen (secondary N) is 1. The molecule has 0 aliphatic carbocycles. The first-order valence-electron chi connectivity index (χ1n) is 7.23. The lowest BCUT2D eigenvalue weighted by Crippen LogP contribution is -2.48. The summed E-state index contributed by atoms with van der Waals surface area (Å²) in [5.74, 6) is 0.444. The lowest BCUT2D eigenvalue weighted by Gasteiger charge is -2.31. The number of piperidine rings is 1. The molecule has 1 rings (SSSR count). The predicted octanol–water partition coefficient (Wildman–Crippen LogP) is 1.17. The van der Waals surface area contributed by atoms with Crippen LogP contribution in [0.25, 0.3) is 0 Å². The largest absolute Gasteiger partial charge is 0.450 e. The SMILES string of the molecule is CCOCCN=C(N)NC1CCN(C(=O)OCC)CC1.I. The molecule has 0 aromatic heterocycles. The van der Waals surface area contributed by atoms with Crippen LogP contribution in [-0.4, -0.2) is 62.4 Å². The molecule has 0 spiro atoms. The van der Waals surface area contributed by atoms with E-state index in [4.69, 9.17) is 15.2 Å². The zero-order valence-electron chi connectivity index (χ0n) is 12.8. The maximum atomic E-state index is 11.6. The Labute approximate surface area is 143 Å². The number of nitrogens with zero attached hydrogens (tertiary/aromatic N) is 2. The molecule has 1 aliphatic rings.